The van der Waals surface area contributed by atoms with Crippen molar-refractivity contribution in [2.45, 2.75) is 6.42 Å². The molecule has 5 nitrogen and oxygen atoms in total. The number of nitrogens with one attached hydrogen (secondary N) is 1. The van der Waals surface area contributed by atoms with Crippen LogP contribution in [0.4, 0.5) is 0 Å². The highest BCUT2D eigenvalue weighted by Gasteiger charge is 2.00. The van der Waals surface area contributed by atoms with Gasteiger partial charge in [0, 0.05) is 25.5 Å². The third kappa shape index (κ3) is 5.43. The van der Waals surface area contributed by atoms with E-state index in [2.05, 4.69) is 10.3 Å². The lowest BCUT2D eigenvalue weighted by Crippen LogP contribution is -2.30. The van der Waals surface area contributed by atoms with Gasteiger partial charge >= 0.3 is 0 Å². The number of amides is 1. The van der Waals surface area contributed by atoms with Crippen LogP contribution in [0, 0.1) is 0 Å². The van der Waals surface area contributed by atoms with Crippen LogP contribution in [-0.4, -0.2) is 37.2 Å². The molecule has 5 heteroatoms. The zero-order valence-electron chi connectivity index (χ0n) is 9.19. The lowest BCUT2D eigenvalue weighted by Gasteiger charge is -2.05. The van der Waals surface area contributed by atoms with Crippen LogP contribution >= 0.6 is 0 Å². The number of ether oxygens (including phenoxy) is 1. The molecule has 0 aliphatic heterocycles. The minimum absolute atomic E-state index is 0.0769. The normalized spacial score (nSPS) is 10.1. The first-order valence-electron chi connectivity index (χ1n) is 5.26. The Bertz CT molecular complexity index is 303. The van der Waals surface area contributed by atoms with E-state index in [-0.39, 0.29) is 12.5 Å². The van der Waals surface area contributed by atoms with Gasteiger partial charge in [0.05, 0.1) is 6.61 Å². The fourth-order valence-corrected chi connectivity index (χ4v) is 1.19. The number of hydrogen-bond acceptors (Lipinski definition) is 4. The lowest BCUT2D eigenvalue weighted by molar-refractivity contribution is -0.125. The summed E-state index contributed by atoms with van der Waals surface area (Å²) >= 11 is 0. The van der Waals surface area contributed by atoms with Crippen molar-refractivity contribution in [2.75, 3.05) is 26.3 Å². The summed E-state index contributed by atoms with van der Waals surface area (Å²) in [6.07, 6.45) is 4.27. The molecule has 0 aliphatic rings. The quantitative estimate of drug-likeness (QED) is 0.623. The Morgan fingerprint density at radius 2 is 2.19 bits per heavy atom. The van der Waals surface area contributed by atoms with E-state index < -0.39 is 0 Å². The van der Waals surface area contributed by atoms with Crippen LogP contribution < -0.4 is 11.1 Å². The van der Waals surface area contributed by atoms with E-state index in [9.17, 15) is 4.79 Å². The maximum atomic E-state index is 11.2. The molecule has 1 aromatic heterocycles. The van der Waals surface area contributed by atoms with Crippen LogP contribution in [0.1, 0.15) is 5.56 Å². The SMILES string of the molecule is NCCOCC(=O)NCCc1ccncc1. The van der Waals surface area contributed by atoms with Crippen LogP contribution in [0.5, 0.6) is 0 Å². The molecule has 1 aromatic rings. The average Bonchev–Trinajstić information content (AvgIpc) is 2.31. The number of carbonyl (C=O) groups excluding carboxylic acids is 1. The van der Waals surface area contributed by atoms with E-state index in [1.54, 1.807) is 12.4 Å². The Balaban J connectivity index is 2.09. The number of nitrogens with zero attached hydrogens (tertiary/aromatic N) is 1. The number of aromatic nitrogens is 1. The fourth-order valence-electron chi connectivity index (χ4n) is 1.19. The monoisotopic (exact) mass is 223 g/mol. The summed E-state index contributed by atoms with van der Waals surface area (Å²) in [6, 6.07) is 3.86. The summed E-state index contributed by atoms with van der Waals surface area (Å²) in [5, 5.41) is 2.76. The largest absolute Gasteiger partial charge is 0.370 e. The highest BCUT2D eigenvalue weighted by Crippen LogP contribution is 1.95. The lowest BCUT2D eigenvalue weighted by atomic mass is 10.2. The molecule has 0 saturated carbocycles. The molecule has 16 heavy (non-hydrogen) atoms. The third-order valence-corrected chi connectivity index (χ3v) is 1.98. The standard InChI is InChI=1S/C11H17N3O2/c12-4-8-16-9-11(15)14-7-3-10-1-5-13-6-2-10/h1-2,5-6H,3-4,7-9,12H2,(H,14,15). The second kappa shape index (κ2) is 7.78. The minimum atomic E-state index is -0.109. The summed E-state index contributed by atoms with van der Waals surface area (Å²) in [6.45, 7) is 1.53. The fraction of sp³-hybridized carbons (Fsp3) is 0.455. The summed E-state index contributed by atoms with van der Waals surface area (Å²) in [4.78, 5) is 15.1. The maximum Gasteiger partial charge on any atom is 0.246 e. The van der Waals surface area contributed by atoms with Crippen LogP contribution in [0.2, 0.25) is 0 Å². The van der Waals surface area contributed by atoms with Crippen molar-refractivity contribution in [1.82, 2.24) is 10.3 Å². The molecule has 1 heterocycles. The molecule has 0 atom stereocenters. The Morgan fingerprint density at radius 3 is 2.88 bits per heavy atom. The first-order chi connectivity index (χ1) is 7.83. The van der Waals surface area contributed by atoms with Crippen LogP contribution in [0.3, 0.4) is 0 Å². The predicted octanol–water partition coefficient (Wildman–Crippen LogP) is -0.284. The zero-order valence-corrected chi connectivity index (χ0v) is 9.19. The first-order valence-corrected chi connectivity index (χ1v) is 5.26. The summed E-state index contributed by atoms with van der Waals surface area (Å²) in [5.41, 5.74) is 6.38. The topological polar surface area (TPSA) is 77.2 Å². The smallest absolute Gasteiger partial charge is 0.246 e. The van der Waals surface area contributed by atoms with Gasteiger partial charge in [-0.15, -0.1) is 0 Å². The van der Waals surface area contributed by atoms with Gasteiger partial charge in [-0.25, -0.2) is 0 Å². The Kier molecular flexibility index (Phi) is 6.13. The van der Waals surface area contributed by atoms with Gasteiger partial charge in [-0.05, 0) is 24.1 Å². The molecule has 0 fully saturated rings. The van der Waals surface area contributed by atoms with Crippen LogP contribution in [0.15, 0.2) is 24.5 Å². The third-order valence-electron chi connectivity index (χ3n) is 1.98. The van der Waals surface area contributed by atoms with E-state index >= 15 is 0 Å². The molecule has 0 aromatic carbocycles. The zero-order chi connectivity index (χ0) is 11.6. The highest BCUT2D eigenvalue weighted by atomic mass is 16.5. The van der Waals surface area contributed by atoms with Crippen molar-refractivity contribution in [3.63, 3.8) is 0 Å². The van der Waals surface area contributed by atoms with Gasteiger partial charge in [-0.3, -0.25) is 9.78 Å². The van der Waals surface area contributed by atoms with Crippen molar-refractivity contribution in [1.29, 1.82) is 0 Å². The molecule has 1 rings (SSSR count). The van der Waals surface area contributed by atoms with Gasteiger partial charge in [-0.2, -0.15) is 0 Å². The molecule has 0 bridgehead atoms. The minimum Gasteiger partial charge on any atom is -0.370 e. The Labute approximate surface area is 95.0 Å². The highest BCUT2D eigenvalue weighted by molar-refractivity contribution is 5.77. The average molecular weight is 223 g/mol. The molecule has 88 valence electrons. The number of carbonyl (C=O) groups is 1. The molecule has 0 unspecified atom stereocenters. The number of hydrogen-bond donors (Lipinski definition) is 2. The van der Waals surface area contributed by atoms with E-state index in [0.29, 0.717) is 19.7 Å². The number of nitrogens with two attached hydrogens (primary N) is 1. The molecular weight excluding hydrogens is 206 g/mol. The van der Waals surface area contributed by atoms with E-state index in [1.165, 1.54) is 0 Å². The molecule has 3 N–H and O–H groups in total. The van der Waals surface area contributed by atoms with E-state index in [0.717, 1.165) is 12.0 Å². The number of pyridine rings is 1. The van der Waals surface area contributed by atoms with E-state index in [4.69, 9.17) is 10.5 Å². The molecule has 1 amide bonds. The Hall–Kier alpha value is -1.46. The predicted molar refractivity (Wildman–Crippen MR) is 60.8 cm³/mol. The summed E-state index contributed by atoms with van der Waals surface area (Å²) < 4.78 is 5.00. The molecular formula is C11H17N3O2. The molecule has 0 spiro atoms. The van der Waals surface area contributed by atoms with Crippen molar-refractivity contribution in [3.05, 3.63) is 30.1 Å². The van der Waals surface area contributed by atoms with Gasteiger partial charge in [-0.1, -0.05) is 0 Å². The van der Waals surface area contributed by atoms with Crippen molar-refractivity contribution in [2.24, 2.45) is 5.73 Å². The first kappa shape index (κ1) is 12.6. The second-order valence-electron chi connectivity index (χ2n) is 3.30. The molecule has 0 radical (unpaired) electrons. The van der Waals surface area contributed by atoms with Crippen molar-refractivity contribution < 1.29 is 9.53 Å². The maximum absolute atomic E-state index is 11.2. The van der Waals surface area contributed by atoms with Crippen molar-refractivity contribution >= 4 is 5.91 Å². The van der Waals surface area contributed by atoms with Gasteiger partial charge in [0.15, 0.2) is 0 Å². The molecule has 0 saturated heterocycles. The van der Waals surface area contributed by atoms with Crippen molar-refractivity contribution in [3.8, 4) is 0 Å². The summed E-state index contributed by atoms with van der Waals surface area (Å²) in [7, 11) is 0. The van der Waals surface area contributed by atoms with Gasteiger partial charge < -0.3 is 15.8 Å². The van der Waals surface area contributed by atoms with Crippen LogP contribution in [0.25, 0.3) is 0 Å². The molecule has 0 aliphatic carbocycles. The van der Waals surface area contributed by atoms with Crippen LogP contribution in [-0.2, 0) is 16.0 Å². The van der Waals surface area contributed by atoms with Gasteiger partial charge in [0.25, 0.3) is 0 Å². The Morgan fingerprint density at radius 1 is 1.44 bits per heavy atom. The number of rotatable bonds is 7. The second-order valence-corrected chi connectivity index (χ2v) is 3.30. The van der Waals surface area contributed by atoms with E-state index in [1.807, 2.05) is 12.1 Å². The van der Waals surface area contributed by atoms with Gasteiger partial charge in [0.2, 0.25) is 5.91 Å². The van der Waals surface area contributed by atoms with Gasteiger partial charge in [0.1, 0.15) is 6.61 Å². The summed E-state index contributed by atoms with van der Waals surface area (Å²) in [5.74, 6) is -0.109.